The van der Waals surface area contributed by atoms with Gasteiger partial charge in [-0.05, 0) is 19.4 Å². The minimum atomic E-state index is -0.851. The fourth-order valence-electron chi connectivity index (χ4n) is 1.80. The van der Waals surface area contributed by atoms with Gasteiger partial charge < -0.3 is 16.2 Å². The summed E-state index contributed by atoms with van der Waals surface area (Å²) in [5.41, 5.74) is 5.44. The lowest BCUT2D eigenvalue weighted by atomic mass is 10.1. The van der Waals surface area contributed by atoms with Crippen LogP contribution in [0.3, 0.4) is 0 Å². The van der Waals surface area contributed by atoms with Crippen molar-refractivity contribution in [2.24, 2.45) is 5.73 Å². The summed E-state index contributed by atoms with van der Waals surface area (Å²) >= 11 is 0. The number of aliphatic carboxylic acids is 1. The van der Waals surface area contributed by atoms with Crippen molar-refractivity contribution in [2.45, 2.75) is 51.4 Å². The summed E-state index contributed by atoms with van der Waals surface area (Å²) in [5.74, 6) is -0.516. The molecule has 0 heterocycles. The summed E-state index contributed by atoms with van der Waals surface area (Å²) in [4.78, 5) is 21.7. The first-order valence-electron chi connectivity index (χ1n) is 7.59. The fraction of sp³-hybridized carbons (Fsp3) is 0.857. The van der Waals surface area contributed by atoms with Crippen molar-refractivity contribution in [1.82, 2.24) is 5.32 Å². The van der Waals surface area contributed by atoms with E-state index in [1.165, 1.54) is 53.7 Å². The number of carboxylic acid groups (broad SMARTS) is 1. The minimum absolute atomic E-state index is 0.0142. The molecule has 0 bridgehead atoms. The van der Waals surface area contributed by atoms with E-state index in [9.17, 15) is 9.59 Å². The molecule has 5 nitrogen and oxygen atoms in total. The Balaban J connectivity index is 3.16. The van der Waals surface area contributed by atoms with Crippen molar-refractivity contribution in [3.05, 3.63) is 0 Å². The highest BCUT2D eigenvalue weighted by Crippen LogP contribution is 2.19. The molecule has 1 amide bonds. The third-order valence-electron chi connectivity index (χ3n) is 2.91. The molecule has 0 atom stereocenters. The molecule has 0 aromatic rings. The predicted molar refractivity (Wildman–Crippen MR) is 91.6 cm³/mol. The van der Waals surface area contributed by atoms with Gasteiger partial charge in [-0.1, -0.05) is 60.1 Å². The van der Waals surface area contributed by atoms with Crippen LogP contribution in [0, 0.1) is 0 Å². The van der Waals surface area contributed by atoms with E-state index in [1.807, 2.05) is 0 Å². The Morgan fingerprint density at radius 3 is 1.95 bits per heavy atom. The van der Waals surface area contributed by atoms with Gasteiger partial charge in [0.15, 0.2) is 0 Å². The molecule has 0 radical (unpaired) electrons. The molecule has 0 aliphatic carbocycles. The number of unbranched alkanes of at least 4 members (excludes halogenated alkanes) is 7. The van der Waals surface area contributed by atoms with Gasteiger partial charge >= 0.3 is 5.97 Å². The molecule has 0 saturated heterocycles. The van der Waals surface area contributed by atoms with Gasteiger partial charge in [0.1, 0.15) is 5.75 Å². The molecule has 0 aromatic heterocycles. The fourth-order valence-corrected chi connectivity index (χ4v) is 3.40. The van der Waals surface area contributed by atoms with Crippen LogP contribution in [-0.2, 0) is 9.59 Å². The molecule has 0 spiro atoms. The average molecular weight is 337 g/mol. The number of carbonyl (C=O) groups is 2. The zero-order chi connectivity index (χ0) is 15.8. The van der Waals surface area contributed by atoms with E-state index >= 15 is 0 Å². The standard InChI is InChI=1S/C14H28N2O3S2/c15-9-7-5-3-1-2-4-6-8-10-16-13(17)11-20-21-12-14(18)19/h1-12,15H2,(H,16,17)(H,18,19). The van der Waals surface area contributed by atoms with Crippen molar-refractivity contribution < 1.29 is 14.7 Å². The monoisotopic (exact) mass is 336 g/mol. The van der Waals surface area contributed by atoms with Crippen LogP contribution in [0.2, 0.25) is 0 Å². The summed E-state index contributed by atoms with van der Waals surface area (Å²) in [6.07, 6.45) is 9.59. The van der Waals surface area contributed by atoms with Crippen LogP contribution in [0.4, 0.5) is 0 Å². The Hall–Kier alpha value is -0.400. The quantitative estimate of drug-likeness (QED) is 0.314. The number of amides is 1. The van der Waals surface area contributed by atoms with Gasteiger partial charge in [-0.3, -0.25) is 9.59 Å². The second-order valence-electron chi connectivity index (χ2n) is 4.89. The maximum Gasteiger partial charge on any atom is 0.314 e. The molecule has 7 heteroatoms. The smallest absolute Gasteiger partial charge is 0.314 e. The van der Waals surface area contributed by atoms with Gasteiger partial charge in [0, 0.05) is 6.54 Å². The minimum Gasteiger partial charge on any atom is -0.481 e. The summed E-state index contributed by atoms with van der Waals surface area (Å²) < 4.78 is 0. The topological polar surface area (TPSA) is 92.4 Å². The van der Waals surface area contributed by atoms with Crippen molar-refractivity contribution in [3.8, 4) is 0 Å². The SMILES string of the molecule is NCCCCCCCCCCNC(=O)CSSCC(=O)O. The summed E-state index contributed by atoms with van der Waals surface area (Å²) in [5, 5.41) is 11.3. The van der Waals surface area contributed by atoms with Crippen LogP contribution in [0.1, 0.15) is 51.4 Å². The van der Waals surface area contributed by atoms with Crippen molar-refractivity contribution in [3.63, 3.8) is 0 Å². The molecule has 124 valence electrons. The van der Waals surface area contributed by atoms with Gasteiger partial charge in [-0.25, -0.2) is 0 Å². The Labute approximate surface area is 135 Å². The van der Waals surface area contributed by atoms with Crippen LogP contribution < -0.4 is 11.1 Å². The molecule has 0 aromatic carbocycles. The van der Waals surface area contributed by atoms with Crippen LogP contribution in [0.15, 0.2) is 0 Å². The molecule has 21 heavy (non-hydrogen) atoms. The number of carbonyl (C=O) groups excluding carboxylic acids is 1. The van der Waals surface area contributed by atoms with Gasteiger partial charge in [-0.2, -0.15) is 0 Å². The van der Waals surface area contributed by atoms with Gasteiger partial charge in [0.25, 0.3) is 0 Å². The molecule has 0 rings (SSSR count). The lowest BCUT2D eigenvalue weighted by Gasteiger charge is -2.05. The molecule has 0 aliphatic rings. The number of hydrogen-bond acceptors (Lipinski definition) is 5. The predicted octanol–water partition coefficient (Wildman–Crippen LogP) is 2.65. The first-order valence-corrected chi connectivity index (χ1v) is 10.1. The zero-order valence-electron chi connectivity index (χ0n) is 12.6. The Morgan fingerprint density at radius 2 is 1.38 bits per heavy atom. The van der Waals surface area contributed by atoms with E-state index in [2.05, 4.69) is 5.32 Å². The summed E-state index contributed by atoms with van der Waals surface area (Å²) in [6.45, 7) is 1.52. The molecular formula is C14H28N2O3S2. The van der Waals surface area contributed by atoms with Crippen LogP contribution >= 0.6 is 21.6 Å². The number of hydrogen-bond donors (Lipinski definition) is 3. The third kappa shape index (κ3) is 17.5. The number of rotatable bonds is 15. The lowest BCUT2D eigenvalue weighted by Crippen LogP contribution is -2.25. The maximum absolute atomic E-state index is 11.4. The Bertz CT molecular complexity index is 279. The second kappa shape index (κ2) is 16.0. The van der Waals surface area contributed by atoms with Gasteiger partial charge in [0.05, 0.1) is 5.75 Å². The number of carboxylic acids is 1. The third-order valence-corrected chi connectivity index (χ3v) is 5.03. The zero-order valence-corrected chi connectivity index (χ0v) is 14.3. The van der Waals surface area contributed by atoms with E-state index < -0.39 is 5.97 Å². The number of nitrogens with one attached hydrogen (secondary N) is 1. The molecule has 4 N–H and O–H groups in total. The average Bonchev–Trinajstić information content (AvgIpc) is 2.45. The largest absolute Gasteiger partial charge is 0.481 e. The van der Waals surface area contributed by atoms with Crippen molar-refractivity contribution >= 4 is 33.5 Å². The first-order chi connectivity index (χ1) is 10.2. The molecule has 0 aliphatic heterocycles. The molecule has 0 fully saturated rings. The Kier molecular flexibility index (Phi) is 15.7. The van der Waals surface area contributed by atoms with E-state index in [-0.39, 0.29) is 11.7 Å². The normalized spacial score (nSPS) is 10.5. The maximum atomic E-state index is 11.4. The van der Waals surface area contributed by atoms with Crippen molar-refractivity contribution in [1.29, 1.82) is 0 Å². The molecular weight excluding hydrogens is 308 g/mol. The van der Waals surface area contributed by atoms with Crippen LogP contribution in [0.25, 0.3) is 0 Å². The lowest BCUT2D eigenvalue weighted by molar-refractivity contribution is -0.133. The summed E-state index contributed by atoms with van der Waals surface area (Å²) in [6, 6.07) is 0. The highest BCUT2D eigenvalue weighted by atomic mass is 33.1. The molecule has 0 unspecified atom stereocenters. The van der Waals surface area contributed by atoms with Gasteiger partial charge in [-0.15, -0.1) is 0 Å². The van der Waals surface area contributed by atoms with E-state index in [1.54, 1.807) is 0 Å². The summed E-state index contributed by atoms with van der Waals surface area (Å²) in [7, 11) is 2.48. The molecule has 0 saturated carbocycles. The number of nitrogens with two attached hydrogens (primary N) is 1. The second-order valence-corrected chi connectivity index (χ2v) is 7.35. The Morgan fingerprint density at radius 1 is 0.857 bits per heavy atom. The van der Waals surface area contributed by atoms with Crippen LogP contribution in [0.5, 0.6) is 0 Å². The van der Waals surface area contributed by atoms with E-state index in [0.717, 1.165) is 32.4 Å². The highest BCUT2D eigenvalue weighted by molar-refractivity contribution is 8.77. The van der Waals surface area contributed by atoms with Crippen molar-refractivity contribution in [2.75, 3.05) is 24.6 Å². The van der Waals surface area contributed by atoms with Crippen LogP contribution in [-0.4, -0.2) is 41.6 Å². The highest BCUT2D eigenvalue weighted by Gasteiger charge is 2.03. The van der Waals surface area contributed by atoms with E-state index in [0.29, 0.717) is 5.75 Å². The first kappa shape index (κ1) is 20.6. The van der Waals surface area contributed by atoms with E-state index in [4.69, 9.17) is 10.8 Å². The van der Waals surface area contributed by atoms with Gasteiger partial charge in [0.2, 0.25) is 5.91 Å².